The third kappa shape index (κ3) is 4.60. The highest BCUT2D eigenvalue weighted by atomic mass is 16.5. The van der Waals surface area contributed by atoms with E-state index in [1.54, 1.807) is 0 Å². The zero-order valence-corrected chi connectivity index (χ0v) is 14.0. The molecule has 1 N–H and O–H groups in total. The van der Waals surface area contributed by atoms with Crippen molar-refractivity contribution in [1.29, 1.82) is 0 Å². The Kier molecular flexibility index (Phi) is 5.89. The maximum atomic E-state index is 12.7. The summed E-state index contributed by atoms with van der Waals surface area (Å²) in [5, 5.41) is 3.19. The first-order valence-corrected chi connectivity index (χ1v) is 8.89. The molecular weight excluding hydrogens is 298 g/mol. The first-order valence-electron chi connectivity index (χ1n) is 8.89. The zero-order valence-electron chi connectivity index (χ0n) is 14.0. The van der Waals surface area contributed by atoms with Crippen LogP contribution in [0.5, 0.6) is 5.75 Å². The maximum Gasteiger partial charge on any atom is 0.255 e. The van der Waals surface area contributed by atoms with E-state index < -0.39 is 0 Å². The monoisotopic (exact) mass is 323 g/mol. The predicted octanol–water partition coefficient (Wildman–Crippen LogP) is 4.72. The first kappa shape index (κ1) is 16.6. The molecule has 0 bridgehead atoms. The molecule has 0 radical (unpaired) electrons. The SMILES string of the molecule is O=C(NC1CCCCCC1)c1ccccc1OCc1ccccc1. The summed E-state index contributed by atoms with van der Waals surface area (Å²) in [6.07, 6.45) is 7.14. The smallest absolute Gasteiger partial charge is 0.255 e. The average molecular weight is 323 g/mol. The molecule has 0 saturated heterocycles. The quantitative estimate of drug-likeness (QED) is 0.809. The summed E-state index contributed by atoms with van der Waals surface area (Å²) < 4.78 is 5.90. The Morgan fingerprint density at radius 1 is 0.917 bits per heavy atom. The van der Waals surface area contributed by atoms with E-state index in [-0.39, 0.29) is 5.91 Å². The Morgan fingerprint density at radius 2 is 1.58 bits per heavy atom. The van der Waals surface area contributed by atoms with Crippen LogP contribution in [-0.4, -0.2) is 11.9 Å². The lowest BCUT2D eigenvalue weighted by atomic mass is 10.1. The van der Waals surface area contributed by atoms with Crippen LogP contribution in [0.3, 0.4) is 0 Å². The molecule has 1 amide bonds. The fourth-order valence-electron chi connectivity index (χ4n) is 3.20. The zero-order chi connectivity index (χ0) is 16.6. The minimum absolute atomic E-state index is 0.0226. The minimum Gasteiger partial charge on any atom is -0.488 e. The molecule has 24 heavy (non-hydrogen) atoms. The van der Waals surface area contributed by atoms with E-state index >= 15 is 0 Å². The van der Waals surface area contributed by atoms with Crippen molar-refractivity contribution in [3.63, 3.8) is 0 Å². The van der Waals surface area contributed by atoms with Crippen LogP contribution >= 0.6 is 0 Å². The molecule has 3 rings (SSSR count). The molecule has 0 aromatic heterocycles. The Morgan fingerprint density at radius 3 is 2.33 bits per heavy atom. The van der Waals surface area contributed by atoms with Gasteiger partial charge in [-0.05, 0) is 30.5 Å². The van der Waals surface area contributed by atoms with Crippen LogP contribution in [-0.2, 0) is 6.61 Å². The lowest BCUT2D eigenvalue weighted by molar-refractivity contribution is 0.0929. The van der Waals surface area contributed by atoms with Crippen LogP contribution in [0.4, 0.5) is 0 Å². The van der Waals surface area contributed by atoms with Gasteiger partial charge in [-0.25, -0.2) is 0 Å². The lowest BCUT2D eigenvalue weighted by Crippen LogP contribution is -2.34. The molecule has 1 fully saturated rings. The number of carbonyl (C=O) groups excluding carboxylic acids is 1. The van der Waals surface area contributed by atoms with Gasteiger partial charge in [-0.15, -0.1) is 0 Å². The van der Waals surface area contributed by atoms with Crippen LogP contribution in [0.25, 0.3) is 0 Å². The van der Waals surface area contributed by atoms with Crippen molar-refractivity contribution in [1.82, 2.24) is 5.32 Å². The normalized spacial score (nSPS) is 15.5. The number of amides is 1. The van der Waals surface area contributed by atoms with E-state index in [1.807, 2.05) is 54.6 Å². The van der Waals surface area contributed by atoms with Crippen molar-refractivity contribution in [3.8, 4) is 5.75 Å². The van der Waals surface area contributed by atoms with Gasteiger partial charge in [0.05, 0.1) is 5.56 Å². The molecule has 1 aliphatic carbocycles. The number of ether oxygens (including phenoxy) is 1. The predicted molar refractivity (Wildman–Crippen MR) is 96.2 cm³/mol. The van der Waals surface area contributed by atoms with Crippen LogP contribution < -0.4 is 10.1 Å². The third-order valence-corrected chi connectivity index (χ3v) is 4.56. The summed E-state index contributed by atoms with van der Waals surface area (Å²) in [5.41, 5.74) is 1.72. The second kappa shape index (κ2) is 8.53. The van der Waals surface area contributed by atoms with E-state index in [1.165, 1.54) is 25.7 Å². The molecule has 3 nitrogen and oxygen atoms in total. The fraction of sp³-hybridized carbons (Fsp3) is 0.381. The average Bonchev–Trinajstić information content (AvgIpc) is 2.90. The van der Waals surface area contributed by atoms with Crippen molar-refractivity contribution in [2.45, 2.75) is 51.2 Å². The molecule has 1 aliphatic rings. The van der Waals surface area contributed by atoms with Crippen LogP contribution in [0.15, 0.2) is 54.6 Å². The van der Waals surface area contributed by atoms with E-state index in [2.05, 4.69) is 5.32 Å². The summed E-state index contributed by atoms with van der Waals surface area (Å²) in [4.78, 5) is 12.7. The third-order valence-electron chi connectivity index (χ3n) is 4.56. The maximum absolute atomic E-state index is 12.7. The second-order valence-corrected chi connectivity index (χ2v) is 6.43. The van der Waals surface area contributed by atoms with Gasteiger partial charge in [0.15, 0.2) is 0 Å². The number of rotatable bonds is 5. The summed E-state index contributed by atoms with van der Waals surface area (Å²) in [6.45, 7) is 0.467. The summed E-state index contributed by atoms with van der Waals surface area (Å²) in [5.74, 6) is 0.623. The van der Waals surface area contributed by atoms with Crippen molar-refractivity contribution in [3.05, 3.63) is 65.7 Å². The summed E-state index contributed by atoms with van der Waals surface area (Å²) in [6, 6.07) is 17.8. The van der Waals surface area contributed by atoms with Crippen LogP contribution in [0.1, 0.15) is 54.4 Å². The fourth-order valence-corrected chi connectivity index (χ4v) is 3.20. The number of hydrogen-bond donors (Lipinski definition) is 1. The molecule has 0 unspecified atom stereocenters. The molecule has 1 saturated carbocycles. The Balaban J connectivity index is 1.65. The summed E-state index contributed by atoms with van der Waals surface area (Å²) >= 11 is 0. The Bertz CT molecular complexity index is 646. The highest BCUT2D eigenvalue weighted by Gasteiger charge is 2.18. The van der Waals surface area contributed by atoms with E-state index in [9.17, 15) is 4.79 Å². The molecule has 0 spiro atoms. The van der Waals surface area contributed by atoms with Crippen molar-refractivity contribution >= 4 is 5.91 Å². The van der Waals surface area contributed by atoms with Crippen LogP contribution in [0, 0.1) is 0 Å². The van der Waals surface area contributed by atoms with E-state index in [0.29, 0.717) is 24.0 Å². The van der Waals surface area contributed by atoms with Gasteiger partial charge in [-0.3, -0.25) is 4.79 Å². The van der Waals surface area contributed by atoms with Crippen LogP contribution in [0.2, 0.25) is 0 Å². The van der Waals surface area contributed by atoms with Gasteiger partial charge in [0.25, 0.3) is 5.91 Å². The molecule has 2 aromatic carbocycles. The molecule has 0 heterocycles. The standard InChI is InChI=1S/C21H25NO2/c23-21(22-18-12-6-1-2-7-13-18)19-14-8-9-15-20(19)24-16-17-10-4-3-5-11-17/h3-5,8-11,14-15,18H,1-2,6-7,12-13,16H2,(H,22,23). The van der Waals surface area contributed by atoms with Gasteiger partial charge < -0.3 is 10.1 Å². The first-order chi connectivity index (χ1) is 11.8. The number of hydrogen-bond acceptors (Lipinski definition) is 2. The van der Waals surface area contributed by atoms with Crippen molar-refractivity contribution in [2.24, 2.45) is 0 Å². The summed E-state index contributed by atoms with van der Waals surface area (Å²) in [7, 11) is 0. The van der Waals surface area contributed by atoms with Gasteiger partial charge in [-0.1, -0.05) is 68.1 Å². The van der Waals surface area contributed by atoms with Gasteiger partial charge in [0, 0.05) is 6.04 Å². The number of para-hydroxylation sites is 1. The number of nitrogens with one attached hydrogen (secondary N) is 1. The minimum atomic E-state index is -0.0226. The molecular formula is C21H25NO2. The largest absolute Gasteiger partial charge is 0.488 e. The Hall–Kier alpha value is -2.29. The lowest BCUT2D eigenvalue weighted by Gasteiger charge is -2.18. The van der Waals surface area contributed by atoms with E-state index in [4.69, 9.17) is 4.74 Å². The Labute approximate surface area is 144 Å². The van der Waals surface area contributed by atoms with Gasteiger partial charge >= 0.3 is 0 Å². The number of carbonyl (C=O) groups is 1. The van der Waals surface area contributed by atoms with Gasteiger partial charge in [0.1, 0.15) is 12.4 Å². The highest BCUT2D eigenvalue weighted by Crippen LogP contribution is 2.22. The van der Waals surface area contributed by atoms with E-state index in [0.717, 1.165) is 18.4 Å². The van der Waals surface area contributed by atoms with Gasteiger partial charge in [-0.2, -0.15) is 0 Å². The second-order valence-electron chi connectivity index (χ2n) is 6.43. The molecule has 0 aliphatic heterocycles. The van der Waals surface area contributed by atoms with Crippen molar-refractivity contribution < 1.29 is 9.53 Å². The number of benzene rings is 2. The molecule has 0 atom stereocenters. The molecule has 126 valence electrons. The van der Waals surface area contributed by atoms with Crippen molar-refractivity contribution in [2.75, 3.05) is 0 Å². The highest BCUT2D eigenvalue weighted by molar-refractivity contribution is 5.97. The topological polar surface area (TPSA) is 38.3 Å². The molecule has 3 heteroatoms. The van der Waals surface area contributed by atoms with Gasteiger partial charge in [0.2, 0.25) is 0 Å². The molecule has 2 aromatic rings.